The Labute approximate surface area is 172 Å². The zero-order valence-corrected chi connectivity index (χ0v) is 18.3. The van der Waals surface area contributed by atoms with Gasteiger partial charge in [-0.3, -0.25) is 9.80 Å². The van der Waals surface area contributed by atoms with E-state index in [4.69, 9.17) is 9.47 Å². The Morgan fingerprint density at radius 2 is 1.72 bits per heavy atom. The predicted molar refractivity (Wildman–Crippen MR) is 106 cm³/mol. The third kappa shape index (κ3) is 7.96. The molecule has 0 N–H and O–H groups in total. The molecular weight excluding hydrogens is 388 g/mol. The molecule has 2 heterocycles. The SMILES string of the molecule is CC(C)OCC1CC(CC(C)OCC2(C)CCCN2CC(F)F)CN1CC(F)F. The van der Waals surface area contributed by atoms with Crippen LogP contribution in [0.1, 0.15) is 53.4 Å². The van der Waals surface area contributed by atoms with Crippen molar-refractivity contribution >= 4 is 0 Å². The fourth-order valence-corrected chi connectivity index (χ4v) is 4.72. The average molecular weight is 427 g/mol. The number of ether oxygens (including phenoxy) is 2. The van der Waals surface area contributed by atoms with Gasteiger partial charge < -0.3 is 9.47 Å². The normalized spacial score (nSPS) is 30.3. The van der Waals surface area contributed by atoms with Gasteiger partial charge in [0.1, 0.15) is 0 Å². The summed E-state index contributed by atoms with van der Waals surface area (Å²) in [5, 5.41) is 0. The first-order valence-electron chi connectivity index (χ1n) is 10.9. The number of alkyl halides is 4. The first-order chi connectivity index (χ1) is 13.6. The van der Waals surface area contributed by atoms with Crippen molar-refractivity contribution in [2.75, 3.05) is 39.4 Å². The third-order valence-corrected chi connectivity index (χ3v) is 6.22. The van der Waals surface area contributed by atoms with Crippen molar-refractivity contribution in [2.24, 2.45) is 5.92 Å². The summed E-state index contributed by atoms with van der Waals surface area (Å²) in [4.78, 5) is 3.68. The van der Waals surface area contributed by atoms with Crippen molar-refractivity contribution in [2.45, 2.75) is 90.0 Å². The van der Waals surface area contributed by atoms with Gasteiger partial charge in [-0.1, -0.05) is 0 Å². The van der Waals surface area contributed by atoms with Crippen LogP contribution < -0.4 is 0 Å². The lowest BCUT2D eigenvalue weighted by Gasteiger charge is -2.36. The van der Waals surface area contributed by atoms with E-state index >= 15 is 0 Å². The van der Waals surface area contributed by atoms with Gasteiger partial charge in [0, 0.05) is 18.1 Å². The molecule has 4 nitrogen and oxygen atoms in total. The van der Waals surface area contributed by atoms with Gasteiger partial charge in [-0.05, 0) is 65.8 Å². The number of rotatable bonds is 12. The Morgan fingerprint density at radius 3 is 2.34 bits per heavy atom. The fourth-order valence-electron chi connectivity index (χ4n) is 4.72. The van der Waals surface area contributed by atoms with E-state index in [0.29, 0.717) is 26.3 Å². The Balaban J connectivity index is 1.82. The molecule has 0 spiro atoms. The number of likely N-dealkylation sites (tertiary alicyclic amines) is 2. The molecule has 0 amide bonds. The van der Waals surface area contributed by atoms with Crippen molar-refractivity contribution < 1.29 is 27.0 Å². The summed E-state index contributed by atoms with van der Waals surface area (Å²) in [6.07, 6.45) is -1.29. The van der Waals surface area contributed by atoms with E-state index in [2.05, 4.69) is 0 Å². The third-order valence-electron chi connectivity index (χ3n) is 6.22. The van der Waals surface area contributed by atoms with Gasteiger partial charge in [-0.25, -0.2) is 17.6 Å². The Kier molecular flexibility index (Phi) is 9.64. The molecule has 2 rings (SSSR count). The summed E-state index contributed by atoms with van der Waals surface area (Å²) in [6.45, 7) is 9.64. The number of hydrogen-bond donors (Lipinski definition) is 0. The smallest absolute Gasteiger partial charge is 0.251 e. The van der Waals surface area contributed by atoms with Gasteiger partial charge >= 0.3 is 0 Å². The molecule has 8 heteroatoms. The van der Waals surface area contributed by atoms with Gasteiger partial charge in [-0.2, -0.15) is 0 Å². The van der Waals surface area contributed by atoms with Crippen LogP contribution in [0.5, 0.6) is 0 Å². The molecule has 29 heavy (non-hydrogen) atoms. The quantitative estimate of drug-likeness (QED) is 0.435. The van der Waals surface area contributed by atoms with Gasteiger partial charge in [0.05, 0.1) is 38.5 Å². The maximum atomic E-state index is 12.9. The topological polar surface area (TPSA) is 24.9 Å². The second-order valence-electron chi connectivity index (χ2n) is 9.28. The molecule has 2 aliphatic rings. The molecule has 0 aromatic rings. The van der Waals surface area contributed by atoms with E-state index in [1.54, 1.807) is 0 Å². The molecule has 0 bridgehead atoms. The van der Waals surface area contributed by atoms with Crippen LogP contribution in [-0.4, -0.2) is 85.8 Å². The van der Waals surface area contributed by atoms with E-state index in [0.717, 1.165) is 25.7 Å². The summed E-state index contributed by atoms with van der Waals surface area (Å²) < 4.78 is 63.3. The second kappa shape index (κ2) is 11.3. The van der Waals surface area contributed by atoms with Gasteiger partial charge in [0.15, 0.2) is 0 Å². The zero-order valence-electron chi connectivity index (χ0n) is 18.3. The lowest BCUT2D eigenvalue weighted by atomic mass is 9.98. The van der Waals surface area contributed by atoms with Crippen molar-refractivity contribution in [3.63, 3.8) is 0 Å². The van der Waals surface area contributed by atoms with Crippen LogP contribution in [0.2, 0.25) is 0 Å². The highest BCUT2D eigenvalue weighted by Gasteiger charge is 2.39. The highest BCUT2D eigenvalue weighted by molar-refractivity contribution is 4.93. The lowest BCUT2D eigenvalue weighted by Crippen LogP contribution is -2.47. The standard InChI is InChI=1S/C21H38F4N2O2/c1-15(2)28-13-18-9-17(10-26(18)11-19(22)23)8-16(3)29-14-21(4)6-5-7-27(21)12-20(24)25/h15-20H,5-14H2,1-4H3. The van der Waals surface area contributed by atoms with Gasteiger partial charge in [0.2, 0.25) is 0 Å². The van der Waals surface area contributed by atoms with Crippen LogP contribution >= 0.6 is 0 Å². The largest absolute Gasteiger partial charge is 0.377 e. The first-order valence-corrected chi connectivity index (χ1v) is 10.9. The van der Waals surface area contributed by atoms with E-state index < -0.39 is 12.9 Å². The Bertz CT molecular complexity index is 484. The molecule has 2 fully saturated rings. The molecule has 0 saturated carbocycles. The number of nitrogens with zero attached hydrogens (tertiary/aromatic N) is 2. The maximum absolute atomic E-state index is 12.9. The van der Waals surface area contributed by atoms with Crippen LogP contribution in [0.4, 0.5) is 17.6 Å². The maximum Gasteiger partial charge on any atom is 0.251 e. The molecule has 4 atom stereocenters. The van der Waals surface area contributed by atoms with Crippen LogP contribution in [0.15, 0.2) is 0 Å². The first kappa shape index (κ1) is 24.8. The summed E-state index contributed by atoms with van der Waals surface area (Å²) in [6, 6.07) is 0.0116. The van der Waals surface area contributed by atoms with E-state index in [9.17, 15) is 17.6 Å². The van der Waals surface area contributed by atoms with Gasteiger partial charge in [-0.15, -0.1) is 0 Å². The summed E-state index contributed by atoms with van der Waals surface area (Å²) >= 11 is 0. The minimum atomic E-state index is -2.35. The Morgan fingerprint density at radius 1 is 1.03 bits per heavy atom. The molecule has 0 aliphatic carbocycles. The minimum absolute atomic E-state index is 0.0116. The van der Waals surface area contributed by atoms with Gasteiger partial charge in [0.25, 0.3) is 12.9 Å². The van der Waals surface area contributed by atoms with Crippen LogP contribution in [0.3, 0.4) is 0 Å². The van der Waals surface area contributed by atoms with Crippen molar-refractivity contribution in [3.8, 4) is 0 Å². The molecular formula is C21H38F4N2O2. The molecule has 172 valence electrons. The molecule has 0 radical (unpaired) electrons. The zero-order chi connectivity index (χ0) is 21.6. The second-order valence-corrected chi connectivity index (χ2v) is 9.28. The molecule has 0 aromatic heterocycles. The average Bonchev–Trinajstić information content (AvgIpc) is 3.14. The highest BCUT2D eigenvalue weighted by Crippen LogP contribution is 2.32. The van der Waals surface area contributed by atoms with Crippen LogP contribution in [0.25, 0.3) is 0 Å². The number of hydrogen-bond acceptors (Lipinski definition) is 4. The Hall–Kier alpha value is -0.440. The van der Waals surface area contributed by atoms with Crippen molar-refractivity contribution in [1.29, 1.82) is 0 Å². The van der Waals surface area contributed by atoms with Crippen LogP contribution in [0, 0.1) is 5.92 Å². The molecule has 2 saturated heterocycles. The fraction of sp³-hybridized carbons (Fsp3) is 1.00. The monoisotopic (exact) mass is 426 g/mol. The molecule has 4 unspecified atom stereocenters. The summed E-state index contributed by atoms with van der Waals surface area (Å²) in [7, 11) is 0. The lowest BCUT2D eigenvalue weighted by molar-refractivity contribution is -0.0346. The molecule has 2 aliphatic heterocycles. The van der Waals surface area contributed by atoms with Crippen LogP contribution in [-0.2, 0) is 9.47 Å². The van der Waals surface area contributed by atoms with Crippen molar-refractivity contribution in [1.82, 2.24) is 9.80 Å². The summed E-state index contributed by atoms with van der Waals surface area (Å²) in [5.41, 5.74) is -0.351. The molecule has 0 aromatic carbocycles. The van der Waals surface area contributed by atoms with E-state index in [1.807, 2.05) is 37.5 Å². The summed E-state index contributed by atoms with van der Waals surface area (Å²) in [5.74, 6) is 0.276. The van der Waals surface area contributed by atoms with Crippen molar-refractivity contribution in [3.05, 3.63) is 0 Å². The van der Waals surface area contributed by atoms with E-state index in [1.165, 1.54) is 0 Å². The highest BCUT2D eigenvalue weighted by atomic mass is 19.3. The number of halogens is 4. The predicted octanol–water partition coefficient (Wildman–Crippen LogP) is 4.28. The minimum Gasteiger partial charge on any atom is -0.377 e. The van der Waals surface area contributed by atoms with E-state index in [-0.39, 0.29) is 42.8 Å².